The number of carbonyl (C=O) groups is 3. The molecule has 0 amide bonds. The lowest BCUT2D eigenvalue weighted by molar-refractivity contribution is -0.167. The third-order valence-electron chi connectivity index (χ3n) is 11.9. The normalized spacial score (nSPS) is 12.7. The summed E-state index contributed by atoms with van der Waals surface area (Å²) in [6.45, 7) is 6.41. The maximum Gasteiger partial charge on any atom is 0.306 e. The van der Waals surface area contributed by atoms with Crippen LogP contribution in [0.3, 0.4) is 0 Å². The van der Waals surface area contributed by atoms with Gasteiger partial charge >= 0.3 is 17.9 Å². The van der Waals surface area contributed by atoms with Gasteiger partial charge in [-0.3, -0.25) is 14.4 Å². The first-order chi connectivity index (χ1) is 33.0. The van der Waals surface area contributed by atoms with Gasteiger partial charge in [-0.05, 0) is 70.6 Å². The Morgan fingerprint density at radius 1 is 0.313 bits per heavy atom. The number of ether oxygens (including phenoxy) is 3. The van der Waals surface area contributed by atoms with Crippen LogP contribution >= 0.6 is 0 Å². The van der Waals surface area contributed by atoms with Gasteiger partial charge < -0.3 is 14.2 Å². The highest BCUT2D eigenvalue weighted by atomic mass is 16.6. The Labute approximate surface area is 414 Å². The van der Waals surface area contributed by atoms with Crippen LogP contribution in [0, 0.1) is 0 Å². The summed E-state index contributed by atoms with van der Waals surface area (Å²) in [4.78, 5) is 37.7. The van der Waals surface area contributed by atoms with Crippen molar-refractivity contribution >= 4 is 17.9 Å². The number of esters is 3. The first-order valence-electron chi connectivity index (χ1n) is 28.1. The second-order valence-corrected chi connectivity index (χ2v) is 18.5. The number of carbonyl (C=O) groups excluding carboxylic acids is 3. The van der Waals surface area contributed by atoms with E-state index in [0.29, 0.717) is 19.3 Å². The van der Waals surface area contributed by atoms with Gasteiger partial charge in [0.1, 0.15) is 13.2 Å². The van der Waals surface area contributed by atoms with E-state index < -0.39 is 6.10 Å². The molecule has 0 fully saturated rings. The van der Waals surface area contributed by atoms with Crippen LogP contribution in [0.4, 0.5) is 0 Å². The molecule has 6 heteroatoms. The van der Waals surface area contributed by atoms with E-state index in [1.165, 1.54) is 122 Å². The van der Waals surface area contributed by atoms with Crippen LogP contribution in [0.2, 0.25) is 0 Å². The van der Waals surface area contributed by atoms with Crippen LogP contribution in [-0.2, 0) is 28.6 Å². The molecule has 0 bridgehead atoms. The molecule has 0 aliphatic carbocycles. The average molecular weight is 933 g/mol. The molecule has 1 unspecified atom stereocenters. The van der Waals surface area contributed by atoms with Crippen LogP contribution in [-0.4, -0.2) is 37.2 Å². The molecule has 384 valence electrons. The minimum atomic E-state index is -0.795. The molecule has 0 rings (SSSR count). The smallest absolute Gasteiger partial charge is 0.306 e. The van der Waals surface area contributed by atoms with Crippen molar-refractivity contribution in [1.82, 2.24) is 0 Å². The average Bonchev–Trinajstić information content (AvgIpc) is 3.33. The standard InChI is InChI=1S/C61H104O6/c1-4-7-10-13-15-17-19-21-23-25-27-29-30-32-33-35-37-39-41-43-45-48-51-54-60(63)66-57-58(56-65-59(62)53-50-47-12-9-6-3)67-61(64)55-52-49-46-44-42-40-38-36-34-31-28-26-24-22-20-18-16-14-11-8-5-2/h7,10,15,17,21,23,27,29,32-33,37,39,43,45,58H,4-6,8-9,11-14,16,18-20,22,24-26,28,30-31,34-36,38,40-42,44,46-57H2,1-3H3/b10-7-,17-15-,23-21-,29-27-,33-32-,39-37-,45-43-. The molecule has 0 aromatic heterocycles. The maximum absolute atomic E-state index is 12.8. The second kappa shape index (κ2) is 55.2. The summed E-state index contributed by atoms with van der Waals surface area (Å²) in [5, 5.41) is 0. The lowest BCUT2D eigenvalue weighted by Gasteiger charge is -2.18. The monoisotopic (exact) mass is 933 g/mol. The zero-order valence-electron chi connectivity index (χ0n) is 43.9. The number of allylic oxidation sites excluding steroid dienone is 14. The predicted octanol–water partition coefficient (Wildman–Crippen LogP) is 18.8. The van der Waals surface area contributed by atoms with Gasteiger partial charge in [0.05, 0.1) is 0 Å². The van der Waals surface area contributed by atoms with Crippen LogP contribution in [0.1, 0.15) is 265 Å². The van der Waals surface area contributed by atoms with E-state index in [2.05, 4.69) is 106 Å². The van der Waals surface area contributed by atoms with Gasteiger partial charge in [-0.1, -0.05) is 260 Å². The first kappa shape index (κ1) is 63.6. The number of hydrogen-bond acceptors (Lipinski definition) is 6. The van der Waals surface area contributed by atoms with E-state index in [-0.39, 0.29) is 37.5 Å². The van der Waals surface area contributed by atoms with Crippen LogP contribution in [0.25, 0.3) is 0 Å². The quantitative estimate of drug-likeness (QED) is 0.0262. The van der Waals surface area contributed by atoms with Crippen molar-refractivity contribution in [2.24, 2.45) is 0 Å². The molecule has 1 atom stereocenters. The Kier molecular flexibility index (Phi) is 52.4. The molecule has 0 heterocycles. The Morgan fingerprint density at radius 3 is 0.910 bits per heavy atom. The number of hydrogen-bond donors (Lipinski definition) is 0. The van der Waals surface area contributed by atoms with Crippen molar-refractivity contribution in [3.63, 3.8) is 0 Å². The molecule has 6 nitrogen and oxygen atoms in total. The van der Waals surface area contributed by atoms with Gasteiger partial charge in [0, 0.05) is 19.3 Å². The minimum absolute atomic E-state index is 0.0938. The first-order valence-corrected chi connectivity index (χ1v) is 28.1. The fourth-order valence-electron chi connectivity index (χ4n) is 7.73. The summed E-state index contributed by atoms with van der Waals surface area (Å²) in [6.07, 6.45) is 72.0. The Morgan fingerprint density at radius 2 is 0.582 bits per heavy atom. The second-order valence-electron chi connectivity index (χ2n) is 18.5. The molecule has 0 aliphatic rings. The molecular weight excluding hydrogens is 829 g/mol. The third-order valence-corrected chi connectivity index (χ3v) is 11.9. The lowest BCUT2D eigenvalue weighted by Crippen LogP contribution is -2.30. The summed E-state index contributed by atoms with van der Waals surface area (Å²) < 4.78 is 16.7. The topological polar surface area (TPSA) is 78.9 Å². The Balaban J connectivity index is 4.21. The highest BCUT2D eigenvalue weighted by molar-refractivity contribution is 5.71. The predicted molar refractivity (Wildman–Crippen MR) is 288 cm³/mol. The van der Waals surface area contributed by atoms with Crippen molar-refractivity contribution in [3.8, 4) is 0 Å². The molecule has 0 aromatic rings. The molecule has 67 heavy (non-hydrogen) atoms. The largest absolute Gasteiger partial charge is 0.462 e. The summed E-state index contributed by atoms with van der Waals surface area (Å²) in [7, 11) is 0. The minimum Gasteiger partial charge on any atom is -0.462 e. The van der Waals surface area contributed by atoms with E-state index in [4.69, 9.17) is 14.2 Å². The summed E-state index contributed by atoms with van der Waals surface area (Å²) >= 11 is 0. The zero-order valence-corrected chi connectivity index (χ0v) is 43.9. The molecular formula is C61H104O6. The van der Waals surface area contributed by atoms with Crippen molar-refractivity contribution in [2.45, 2.75) is 271 Å². The van der Waals surface area contributed by atoms with E-state index in [0.717, 1.165) is 96.3 Å². The van der Waals surface area contributed by atoms with E-state index >= 15 is 0 Å². The maximum atomic E-state index is 12.8. The summed E-state index contributed by atoms with van der Waals surface area (Å²) in [5.74, 6) is -0.964. The summed E-state index contributed by atoms with van der Waals surface area (Å²) in [6, 6.07) is 0. The number of unbranched alkanes of at least 4 members (excludes halogenated alkanes) is 25. The van der Waals surface area contributed by atoms with E-state index in [1.807, 2.05) is 0 Å². The van der Waals surface area contributed by atoms with Gasteiger partial charge in [-0.15, -0.1) is 0 Å². The molecule has 0 spiro atoms. The van der Waals surface area contributed by atoms with E-state index in [1.54, 1.807) is 0 Å². The zero-order chi connectivity index (χ0) is 48.6. The van der Waals surface area contributed by atoms with Gasteiger partial charge in [-0.25, -0.2) is 0 Å². The third kappa shape index (κ3) is 53.4. The van der Waals surface area contributed by atoms with Crippen LogP contribution < -0.4 is 0 Å². The van der Waals surface area contributed by atoms with E-state index in [9.17, 15) is 14.4 Å². The fraction of sp³-hybridized carbons (Fsp3) is 0.721. The van der Waals surface area contributed by atoms with Crippen LogP contribution in [0.5, 0.6) is 0 Å². The van der Waals surface area contributed by atoms with Crippen molar-refractivity contribution < 1.29 is 28.6 Å². The lowest BCUT2D eigenvalue weighted by atomic mass is 10.0. The van der Waals surface area contributed by atoms with Crippen molar-refractivity contribution in [2.75, 3.05) is 13.2 Å². The Bertz CT molecular complexity index is 1300. The molecule has 0 radical (unpaired) electrons. The number of rotatable bonds is 50. The van der Waals surface area contributed by atoms with Gasteiger partial charge in [0.25, 0.3) is 0 Å². The summed E-state index contributed by atoms with van der Waals surface area (Å²) in [5.41, 5.74) is 0. The highest BCUT2D eigenvalue weighted by Gasteiger charge is 2.19. The van der Waals surface area contributed by atoms with Gasteiger partial charge in [0.2, 0.25) is 0 Å². The molecule has 0 N–H and O–H groups in total. The van der Waals surface area contributed by atoms with Crippen molar-refractivity contribution in [3.05, 3.63) is 85.1 Å². The molecule has 0 aliphatic heterocycles. The van der Waals surface area contributed by atoms with Gasteiger partial charge in [-0.2, -0.15) is 0 Å². The molecule has 0 saturated carbocycles. The molecule has 0 saturated heterocycles. The van der Waals surface area contributed by atoms with Gasteiger partial charge in [0.15, 0.2) is 6.10 Å². The SMILES string of the molecule is CC/C=C\C/C=C\C/C=C\C/C=C\C/C=C\C/C=C\C/C=C\CCCC(=O)OCC(COC(=O)CCCCCCC)OC(=O)CCCCCCCCCCCCCCCCCCCCCCC. The van der Waals surface area contributed by atoms with Crippen molar-refractivity contribution in [1.29, 1.82) is 0 Å². The highest BCUT2D eigenvalue weighted by Crippen LogP contribution is 2.16. The Hall–Kier alpha value is -3.41. The van der Waals surface area contributed by atoms with Crippen LogP contribution in [0.15, 0.2) is 85.1 Å². The molecule has 0 aromatic carbocycles. The fourth-order valence-corrected chi connectivity index (χ4v) is 7.73.